The number of nitrogens with one attached hydrogen (secondary N) is 3. The van der Waals surface area contributed by atoms with Crippen LogP contribution in [0.4, 0.5) is 17.5 Å². The van der Waals surface area contributed by atoms with Crippen molar-refractivity contribution in [2.75, 3.05) is 10.6 Å². The predicted octanol–water partition coefficient (Wildman–Crippen LogP) is 5.50. The van der Waals surface area contributed by atoms with Crippen molar-refractivity contribution in [1.82, 2.24) is 29.7 Å². The molecule has 0 spiro atoms. The molecule has 0 radical (unpaired) electrons. The Hall–Kier alpha value is -4.11. The van der Waals surface area contributed by atoms with Gasteiger partial charge in [-0.1, -0.05) is 23.7 Å². The van der Waals surface area contributed by atoms with E-state index in [-0.39, 0.29) is 6.01 Å². The molecule has 5 aromatic rings. The van der Waals surface area contributed by atoms with Crippen molar-refractivity contribution in [2.45, 2.75) is 20.4 Å². The van der Waals surface area contributed by atoms with E-state index in [1.54, 1.807) is 0 Å². The Morgan fingerprint density at radius 3 is 2.53 bits per heavy atom. The molecule has 0 saturated heterocycles. The molecule has 0 atom stereocenters. The Morgan fingerprint density at radius 2 is 1.82 bits per heavy atom. The number of ether oxygens (including phenoxy) is 1. The Bertz CT molecular complexity index is 1440. The zero-order valence-corrected chi connectivity index (χ0v) is 19.7. The molecule has 3 aromatic heterocycles. The second-order valence-corrected chi connectivity index (χ2v) is 8.36. The largest absolute Gasteiger partial charge is 0.424 e. The number of hydrogen-bond acceptors (Lipinski definition) is 7. The van der Waals surface area contributed by atoms with Crippen molar-refractivity contribution < 1.29 is 4.74 Å². The number of anilines is 3. The van der Waals surface area contributed by atoms with Gasteiger partial charge in [0, 0.05) is 30.5 Å². The van der Waals surface area contributed by atoms with Gasteiger partial charge in [-0.3, -0.25) is 5.10 Å². The van der Waals surface area contributed by atoms with Gasteiger partial charge in [0.1, 0.15) is 5.75 Å². The standard InChI is InChI=1S/C24H23ClN8O/c1-14-15(2)31-32-22(14)29-18-6-9-20-21(10-18)33(3)23(30-20)26-11-16-4-7-19(8-5-16)34-24-27-12-17(25)13-28-24/h4-10,12-13H,11H2,1-3H3,(H,26,30)(H2,29,31,32). The van der Waals surface area contributed by atoms with Crippen LogP contribution in [0, 0.1) is 13.8 Å². The minimum Gasteiger partial charge on any atom is -0.424 e. The van der Waals surface area contributed by atoms with Crippen LogP contribution in [0.3, 0.4) is 0 Å². The highest BCUT2D eigenvalue weighted by Crippen LogP contribution is 2.26. The monoisotopic (exact) mass is 474 g/mol. The third-order valence-electron chi connectivity index (χ3n) is 5.58. The fourth-order valence-corrected chi connectivity index (χ4v) is 3.58. The molecule has 0 fully saturated rings. The molecule has 0 amide bonds. The molecule has 172 valence electrons. The first-order chi connectivity index (χ1) is 16.5. The van der Waals surface area contributed by atoms with E-state index in [1.807, 2.05) is 61.9 Å². The molecule has 0 unspecified atom stereocenters. The predicted molar refractivity (Wildman–Crippen MR) is 133 cm³/mol. The van der Waals surface area contributed by atoms with E-state index in [0.29, 0.717) is 17.3 Å². The molecule has 3 N–H and O–H groups in total. The normalized spacial score (nSPS) is 11.1. The molecule has 0 aliphatic carbocycles. The molecule has 0 aliphatic heterocycles. The highest BCUT2D eigenvalue weighted by Gasteiger charge is 2.11. The van der Waals surface area contributed by atoms with Crippen LogP contribution in [-0.2, 0) is 13.6 Å². The van der Waals surface area contributed by atoms with Crippen LogP contribution in [0.2, 0.25) is 5.02 Å². The number of aryl methyl sites for hydroxylation is 2. The van der Waals surface area contributed by atoms with Crippen molar-refractivity contribution in [3.63, 3.8) is 0 Å². The van der Waals surface area contributed by atoms with Gasteiger partial charge in [-0.15, -0.1) is 0 Å². The number of halogens is 1. The number of nitrogens with zero attached hydrogens (tertiary/aromatic N) is 5. The van der Waals surface area contributed by atoms with Gasteiger partial charge in [0.05, 0.1) is 28.4 Å². The lowest BCUT2D eigenvalue weighted by Crippen LogP contribution is -2.05. The number of aromatic amines is 1. The lowest BCUT2D eigenvalue weighted by molar-refractivity contribution is 0.441. The molecule has 0 aliphatic rings. The molecule has 5 rings (SSSR count). The van der Waals surface area contributed by atoms with Gasteiger partial charge in [-0.25, -0.2) is 15.0 Å². The van der Waals surface area contributed by atoms with Crippen molar-refractivity contribution in [3.8, 4) is 11.8 Å². The number of rotatable bonds is 7. The summed E-state index contributed by atoms with van der Waals surface area (Å²) in [5.74, 6) is 2.26. The Balaban J connectivity index is 1.26. The van der Waals surface area contributed by atoms with E-state index >= 15 is 0 Å². The maximum Gasteiger partial charge on any atom is 0.321 e. The number of H-pyrrole nitrogens is 1. The fourth-order valence-electron chi connectivity index (χ4n) is 3.48. The molecule has 0 bridgehead atoms. The van der Waals surface area contributed by atoms with Crippen LogP contribution in [0.1, 0.15) is 16.8 Å². The minimum atomic E-state index is 0.251. The van der Waals surface area contributed by atoms with E-state index in [2.05, 4.69) is 36.9 Å². The number of fused-ring (bicyclic) bond motifs is 1. The second kappa shape index (κ2) is 9.03. The Labute approximate surface area is 201 Å². The van der Waals surface area contributed by atoms with E-state index in [4.69, 9.17) is 21.3 Å². The van der Waals surface area contributed by atoms with Crippen LogP contribution >= 0.6 is 11.6 Å². The lowest BCUT2D eigenvalue weighted by atomic mass is 10.2. The summed E-state index contributed by atoms with van der Waals surface area (Å²) in [7, 11) is 1.99. The van der Waals surface area contributed by atoms with Gasteiger partial charge < -0.3 is 19.9 Å². The zero-order chi connectivity index (χ0) is 23.7. The maximum absolute atomic E-state index is 5.80. The summed E-state index contributed by atoms with van der Waals surface area (Å²) in [6.07, 6.45) is 2.99. The lowest BCUT2D eigenvalue weighted by Gasteiger charge is -2.08. The first kappa shape index (κ1) is 21.7. The minimum absolute atomic E-state index is 0.251. The van der Waals surface area contributed by atoms with Crippen molar-refractivity contribution in [3.05, 3.63) is 76.7 Å². The van der Waals surface area contributed by atoms with E-state index in [9.17, 15) is 0 Å². The molecular formula is C24H23ClN8O. The summed E-state index contributed by atoms with van der Waals surface area (Å²) in [6.45, 7) is 4.66. The smallest absolute Gasteiger partial charge is 0.321 e. The number of benzene rings is 2. The van der Waals surface area contributed by atoms with Gasteiger partial charge in [-0.2, -0.15) is 5.10 Å². The van der Waals surface area contributed by atoms with Crippen LogP contribution in [0.5, 0.6) is 11.8 Å². The third-order valence-corrected chi connectivity index (χ3v) is 5.77. The molecule has 2 aromatic carbocycles. The van der Waals surface area contributed by atoms with E-state index in [1.165, 1.54) is 12.4 Å². The van der Waals surface area contributed by atoms with Crippen LogP contribution in [0.15, 0.2) is 54.9 Å². The van der Waals surface area contributed by atoms with Gasteiger partial charge in [-0.05, 0) is 49.7 Å². The quantitative estimate of drug-likeness (QED) is 0.286. The second-order valence-electron chi connectivity index (χ2n) is 7.93. The van der Waals surface area contributed by atoms with E-state index in [0.717, 1.165) is 45.3 Å². The Morgan fingerprint density at radius 1 is 1.06 bits per heavy atom. The molecule has 10 heteroatoms. The van der Waals surface area contributed by atoms with Gasteiger partial charge in [0.15, 0.2) is 5.82 Å². The number of imidazole rings is 1. The average Bonchev–Trinajstić information content (AvgIpc) is 3.33. The van der Waals surface area contributed by atoms with Gasteiger partial charge >= 0.3 is 6.01 Å². The first-order valence-corrected chi connectivity index (χ1v) is 11.1. The van der Waals surface area contributed by atoms with E-state index < -0.39 is 0 Å². The highest BCUT2D eigenvalue weighted by molar-refractivity contribution is 6.30. The third kappa shape index (κ3) is 4.51. The summed E-state index contributed by atoms with van der Waals surface area (Å²) < 4.78 is 7.68. The van der Waals surface area contributed by atoms with Crippen molar-refractivity contribution >= 4 is 40.1 Å². The fraction of sp³-hybridized carbons (Fsp3) is 0.167. The average molecular weight is 475 g/mol. The number of hydrogen-bond donors (Lipinski definition) is 3. The van der Waals surface area contributed by atoms with Gasteiger partial charge in [0.25, 0.3) is 0 Å². The summed E-state index contributed by atoms with van der Waals surface area (Å²) in [5.41, 5.74) is 6.12. The molecular weight excluding hydrogens is 452 g/mol. The number of aromatic nitrogens is 6. The van der Waals surface area contributed by atoms with Gasteiger partial charge in [0.2, 0.25) is 5.95 Å². The summed E-state index contributed by atoms with van der Waals surface area (Å²) in [6, 6.07) is 14.0. The highest BCUT2D eigenvalue weighted by atomic mass is 35.5. The van der Waals surface area contributed by atoms with Crippen molar-refractivity contribution in [1.29, 1.82) is 0 Å². The summed E-state index contributed by atoms with van der Waals surface area (Å²) in [4.78, 5) is 12.8. The summed E-state index contributed by atoms with van der Waals surface area (Å²) in [5, 5.41) is 14.6. The zero-order valence-electron chi connectivity index (χ0n) is 18.9. The van der Waals surface area contributed by atoms with Crippen LogP contribution in [0.25, 0.3) is 11.0 Å². The first-order valence-electron chi connectivity index (χ1n) is 10.7. The van der Waals surface area contributed by atoms with Crippen LogP contribution < -0.4 is 15.4 Å². The van der Waals surface area contributed by atoms with Crippen LogP contribution in [-0.4, -0.2) is 29.7 Å². The maximum atomic E-state index is 5.80. The molecule has 9 nitrogen and oxygen atoms in total. The molecule has 3 heterocycles. The topological polar surface area (TPSA) is 106 Å². The SMILES string of the molecule is Cc1[nH]nc(Nc2ccc3nc(NCc4ccc(Oc5ncc(Cl)cn5)cc4)n(C)c3c2)c1C. The van der Waals surface area contributed by atoms with Crippen molar-refractivity contribution in [2.24, 2.45) is 7.05 Å². The molecule has 34 heavy (non-hydrogen) atoms. The Kier molecular flexibility index (Phi) is 5.77. The summed E-state index contributed by atoms with van der Waals surface area (Å²) >= 11 is 5.80. The molecule has 0 saturated carbocycles.